The Kier molecular flexibility index (Phi) is 8.96. The monoisotopic (exact) mass is 434 g/mol. The Labute approximate surface area is 184 Å². The van der Waals surface area contributed by atoms with E-state index in [0.717, 1.165) is 42.9 Å². The third kappa shape index (κ3) is 6.74. The van der Waals surface area contributed by atoms with Crippen molar-refractivity contribution in [2.75, 3.05) is 18.0 Å². The van der Waals surface area contributed by atoms with Gasteiger partial charge in [0.2, 0.25) is 0 Å². The van der Waals surface area contributed by atoms with E-state index in [4.69, 9.17) is 4.98 Å². The van der Waals surface area contributed by atoms with Crippen molar-refractivity contribution in [1.82, 2.24) is 4.98 Å². The van der Waals surface area contributed by atoms with Crippen LogP contribution in [0.5, 0.6) is 0 Å². The number of pyridine rings is 1. The highest BCUT2D eigenvalue weighted by Crippen LogP contribution is 2.41. The number of nitrogens with zero attached hydrogens (tertiary/aromatic N) is 2. The molecule has 1 aliphatic carbocycles. The summed E-state index contributed by atoms with van der Waals surface area (Å²) in [7, 11) is 0. The average Bonchev–Trinajstić information content (AvgIpc) is 2.68. The Hall–Kier alpha value is -2.50. The number of anilines is 1. The topological polar surface area (TPSA) is 25.4 Å². The van der Waals surface area contributed by atoms with Gasteiger partial charge >= 0.3 is 6.36 Å². The highest BCUT2D eigenvalue weighted by molar-refractivity contribution is 5.64. The van der Waals surface area contributed by atoms with E-state index >= 15 is 0 Å². The van der Waals surface area contributed by atoms with E-state index < -0.39 is 12.3 Å². The van der Waals surface area contributed by atoms with Crippen LogP contribution >= 0.6 is 0 Å². The van der Waals surface area contributed by atoms with E-state index in [1.54, 1.807) is 6.08 Å². The number of aromatic nitrogens is 1. The quantitative estimate of drug-likeness (QED) is 0.381. The standard InChI is InChI=1S/C25H33F3N2O/c1-6-9-10-13-20-17-21(30(15-7-2)16-8-3)19(5)29-24(20)23-18(4)12-11-14-22(23)31-25(26,27)28/h6,9-14,17-18,23H,7-8,15-16H2,1-5H3/b9-6-,13-10-. The van der Waals surface area contributed by atoms with Gasteiger partial charge in [0.15, 0.2) is 0 Å². The van der Waals surface area contributed by atoms with Gasteiger partial charge in [-0.3, -0.25) is 4.98 Å². The summed E-state index contributed by atoms with van der Waals surface area (Å²) in [5.74, 6) is -0.923. The van der Waals surface area contributed by atoms with E-state index in [1.807, 2.05) is 51.2 Å². The van der Waals surface area contributed by atoms with Gasteiger partial charge < -0.3 is 9.64 Å². The molecule has 0 aromatic carbocycles. The van der Waals surface area contributed by atoms with Crippen molar-refractivity contribution >= 4 is 11.8 Å². The van der Waals surface area contributed by atoms with Gasteiger partial charge in [-0.2, -0.15) is 0 Å². The van der Waals surface area contributed by atoms with Crippen molar-refractivity contribution in [2.24, 2.45) is 5.92 Å². The second-order valence-corrected chi connectivity index (χ2v) is 7.78. The van der Waals surface area contributed by atoms with Crippen molar-refractivity contribution in [3.05, 3.63) is 65.2 Å². The van der Waals surface area contributed by atoms with Crippen molar-refractivity contribution in [1.29, 1.82) is 0 Å². The fourth-order valence-corrected chi connectivity index (χ4v) is 3.91. The summed E-state index contributed by atoms with van der Waals surface area (Å²) in [5, 5.41) is 0. The lowest BCUT2D eigenvalue weighted by Gasteiger charge is -2.31. The van der Waals surface area contributed by atoms with E-state index in [0.29, 0.717) is 5.69 Å². The molecule has 0 aliphatic heterocycles. The van der Waals surface area contributed by atoms with E-state index in [1.165, 1.54) is 6.08 Å². The summed E-state index contributed by atoms with van der Waals surface area (Å²) >= 11 is 0. The molecule has 170 valence electrons. The van der Waals surface area contributed by atoms with Crippen LogP contribution in [-0.4, -0.2) is 24.4 Å². The molecule has 2 rings (SSSR count). The molecule has 1 aromatic rings. The molecule has 1 heterocycles. The molecule has 1 aromatic heterocycles. The van der Waals surface area contributed by atoms with Crippen molar-refractivity contribution in [3.63, 3.8) is 0 Å². The van der Waals surface area contributed by atoms with Crippen molar-refractivity contribution < 1.29 is 17.9 Å². The van der Waals surface area contributed by atoms with Crippen LogP contribution < -0.4 is 4.90 Å². The van der Waals surface area contributed by atoms with Crippen LogP contribution in [0, 0.1) is 12.8 Å². The Bertz CT molecular complexity index is 847. The molecule has 3 nitrogen and oxygen atoms in total. The van der Waals surface area contributed by atoms with E-state index in [2.05, 4.69) is 29.6 Å². The van der Waals surface area contributed by atoms with Crippen molar-refractivity contribution in [3.8, 4) is 0 Å². The summed E-state index contributed by atoms with van der Waals surface area (Å²) in [6, 6.07) is 2.05. The van der Waals surface area contributed by atoms with E-state index in [-0.39, 0.29) is 11.7 Å². The zero-order valence-corrected chi connectivity index (χ0v) is 19.0. The Morgan fingerprint density at radius 1 is 1.16 bits per heavy atom. The molecule has 0 amide bonds. The number of hydrogen-bond donors (Lipinski definition) is 0. The third-order valence-electron chi connectivity index (χ3n) is 5.19. The minimum Gasteiger partial charge on any atom is -0.410 e. The summed E-state index contributed by atoms with van der Waals surface area (Å²) < 4.78 is 43.7. The molecule has 0 spiro atoms. The molecule has 0 saturated carbocycles. The van der Waals surface area contributed by atoms with Crippen LogP contribution in [0.4, 0.5) is 18.9 Å². The van der Waals surface area contributed by atoms with Crippen LogP contribution in [0.2, 0.25) is 0 Å². The predicted octanol–water partition coefficient (Wildman–Crippen LogP) is 7.32. The van der Waals surface area contributed by atoms with Gasteiger partial charge in [-0.15, -0.1) is 13.2 Å². The second kappa shape index (κ2) is 11.2. The predicted molar refractivity (Wildman–Crippen MR) is 122 cm³/mol. The molecule has 0 fully saturated rings. The molecular formula is C25H33F3N2O. The van der Waals surface area contributed by atoms with Gasteiger partial charge in [-0.25, -0.2) is 0 Å². The van der Waals surface area contributed by atoms with Crippen LogP contribution in [0.15, 0.2) is 48.3 Å². The highest BCUT2D eigenvalue weighted by Gasteiger charge is 2.38. The molecule has 0 N–H and O–H groups in total. The molecule has 0 radical (unpaired) electrons. The minimum atomic E-state index is -4.75. The lowest BCUT2D eigenvalue weighted by atomic mass is 9.83. The fraction of sp³-hybridized carbons (Fsp3) is 0.480. The summed E-state index contributed by atoms with van der Waals surface area (Å²) in [6.45, 7) is 11.8. The summed E-state index contributed by atoms with van der Waals surface area (Å²) in [5.41, 5.74) is 3.24. The van der Waals surface area contributed by atoms with Crippen LogP contribution in [0.1, 0.15) is 63.4 Å². The summed E-state index contributed by atoms with van der Waals surface area (Å²) in [4.78, 5) is 7.15. The molecule has 2 unspecified atom stereocenters. The Morgan fingerprint density at radius 3 is 2.42 bits per heavy atom. The zero-order valence-electron chi connectivity index (χ0n) is 19.0. The molecule has 2 atom stereocenters. The smallest absolute Gasteiger partial charge is 0.410 e. The van der Waals surface area contributed by atoms with Crippen molar-refractivity contribution in [2.45, 2.75) is 59.7 Å². The maximum atomic E-state index is 13.1. The van der Waals surface area contributed by atoms with Gasteiger partial charge in [-0.1, -0.05) is 57.2 Å². The number of ether oxygens (including phenoxy) is 1. The normalized spacial score (nSPS) is 19.3. The van der Waals surface area contributed by atoms with Gasteiger partial charge in [0.1, 0.15) is 5.76 Å². The molecule has 31 heavy (non-hydrogen) atoms. The van der Waals surface area contributed by atoms with Crippen LogP contribution in [0.3, 0.4) is 0 Å². The SMILES string of the molecule is C/C=C\C=C/c1cc(N(CCC)CCC)c(C)nc1C1C(OC(F)(F)F)=CC=CC1C. The molecule has 0 saturated heterocycles. The van der Waals surface area contributed by atoms with Gasteiger partial charge in [-0.05, 0) is 50.3 Å². The van der Waals surface area contributed by atoms with E-state index in [9.17, 15) is 13.2 Å². The van der Waals surface area contributed by atoms with Gasteiger partial charge in [0.05, 0.1) is 23.0 Å². The number of alkyl halides is 3. The zero-order chi connectivity index (χ0) is 23.0. The minimum absolute atomic E-state index is 0.123. The lowest BCUT2D eigenvalue weighted by Crippen LogP contribution is -2.27. The maximum Gasteiger partial charge on any atom is 0.572 e. The lowest BCUT2D eigenvalue weighted by molar-refractivity contribution is -0.307. The van der Waals surface area contributed by atoms with Gasteiger partial charge in [0, 0.05) is 13.1 Å². The fourth-order valence-electron chi connectivity index (χ4n) is 3.91. The number of halogens is 3. The number of allylic oxidation sites excluding steroid dienone is 7. The first-order valence-corrected chi connectivity index (χ1v) is 10.9. The highest BCUT2D eigenvalue weighted by atomic mass is 19.4. The third-order valence-corrected chi connectivity index (χ3v) is 5.19. The first-order chi connectivity index (χ1) is 14.7. The summed E-state index contributed by atoms with van der Waals surface area (Å²) in [6.07, 6.45) is 9.76. The maximum absolute atomic E-state index is 13.1. The van der Waals surface area contributed by atoms with Crippen LogP contribution in [-0.2, 0) is 4.74 Å². The number of hydrogen-bond acceptors (Lipinski definition) is 3. The molecule has 1 aliphatic rings. The Morgan fingerprint density at radius 2 is 1.84 bits per heavy atom. The largest absolute Gasteiger partial charge is 0.572 e. The molecule has 6 heteroatoms. The first kappa shape index (κ1) is 24.8. The number of rotatable bonds is 9. The molecular weight excluding hydrogens is 401 g/mol. The molecule has 0 bridgehead atoms. The average molecular weight is 435 g/mol. The Balaban J connectivity index is 2.62. The number of aryl methyl sites for hydroxylation is 1. The van der Waals surface area contributed by atoms with Crippen LogP contribution in [0.25, 0.3) is 6.08 Å². The first-order valence-electron chi connectivity index (χ1n) is 10.9. The second-order valence-electron chi connectivity index (χ2n) is 7.78. The van der Waals surface area contributed by atoms with Gasteiger partial charge in [0.25, 0.3) is 0 Å².